The van der Waals surface area contributed by atoms with Gasteiger partial charge in [-0.15, -0.1) is 0 Å². The summed E-state index contributed by atoms with van der Waals surface area (Å²) in [6.07, 6.45) is 0.727. The molecule has 0 bridgehead atoms. The zero-order valence-corrected chi connectivity index (χ0v) is 35.1. The second kappa shape index (κ2) is 21.2. The molecule has 1 aliphatic heterocycles. The van der Waals surface area contributed by atoms with Crippen molar-refractivity contribution in [2.45, 2.75) is 123 Å². The predicted molar refractivity (Wildman–Crippen MR) is 215 cm³/mol. The number of hydrogen-bond acceptors (Lipinski definition) is 11. The molecule has 0 N–H and O–H groups in total. The summed E-state index contributed by atoms with van der Waals surface area (Å²) >= 11 is 0. The number of anilines is 1. The smallest absolute Gasteiger partial charge is 0.410 e. The summed E-state index contributed by atoms with van der Waals surface area (Å²) in [6.45, 7) is 13.5. The molecule has 0 aromatic heterocycles. The lowest BCUT2D eigenvalue weighted by atomic mass is 10.0. The third-order valence-electron chi connectivity index (χ3n) is 10.2. The Labute approximate surface area is 338 Å². The summed E-state index contributed by atoms with van der Waals surface area (Å²) in [5, 5.41) is 0. The van der Waals surface area contributed by atoms with Crippen molar-refractivity contribution in [3.63, 3.8) is 0 Å². The van der Waals surface area contributed by atoms with E-state index < -0.39 is 59.8 Å². The first-order chi connectivity index (χ1) is 27.0. The number of nitrogens with zero attached hydrogens (tertiary/aromatic N) is 3. The van der Waals surface area contributed by atoms with Gasteiger partial charge in [0.05, 0.1) is 13.2 Å². The molecular formula is C44H63N3O10. The summed E-state index contributed by atoms with van der Waals surface area (Å²) in [5.74, 6) is -2.20. The Bertz CT molecular complexity index is 1620. The van der Waals surface area contributed by atoms with E-state index in [0.29, 0.717) is 38.4 Å². The van der Waals surface area contributed by atoms with Gasteiger partial charge in [-0.05, 0) is 88.5 Å². The van der Waals surface area contributed by atoms with Gasteiger partial charge in [0, 0.05) is 39.3 Å². The highest BCUT2D eigenvalue weighted by Gasteiger charge is 2.39. The molecule has 2 fully saturated rings. The van der Waals surface area contributed by atoms with Gasteiger partial charge >= 0.3 is 24.0 Å². The van der Waals surface area contributed by atoms with Crippen LogP contribution < -0.4 is 4.90 Å². The third kappa shape index (κ3) is 14.7. The molecule has 4 rings (SSSR count). The fourth-order valence-corrected chi connectivity index (χ4v) is 6.50. The molecule has 4 atom stereocenters. The second-order valence-corrected chi connectivity index (χ2v) is 16.6. The van der Waals surface area contributed by atoms with Crippen LogP contribution in [0.1, 0.15) is 91.2 Å². The molecule has 2 aliphatic rings. The number of carbonyl (C=O) groups is 5. The Hall–Kier alpha value is -4.65. The van der Waals surface area contributed by atoms with Crippen molar-refractivity contribution in [3.8, 4) is 0 Å². The van der Waals surface area contributed by atoms with Crippen molar-refractivity contribution in [1.82, 2.24) is 9.80 Å². The van der Waals surface area contributed by atoms with E-state index in [2.05, 4.69) is 4.90 Å². The van der Waals surface area contributed by atoms with Crippen LogP contribution in [0.2, 0.25) is 0 Å². The third-order valence-corrected chi connectivity index (χ3v) is 10.2. The first-order valence-corrected chi connectivity index (χ1v) is 20.3. The van der Waals surface area contributed by atoms with Crippen molar-refractivity contribution in [1.29, 1.82) is 0 Å². The van der Waals surface area contributed by atoms with Crippen molar-refractivity contribution < 1.29 is 47.7 Å². The Morgan fingerprint density at radius 3 is 1.98 bits per heavy atom. The molecule has 57 heavy (non-hydrogen) atoms. The van der Waals surface area contributed by atoms with Crippen LogP contribution >= 0.6 is 0 Å². The topological polar surface area (TPSA) is 141 Å². The number of likely N-dealkylation sites (N-methyl/N-ethyl adjacent to an activating group) is 2. The van der Waals surface area contributed by atoms with E-state index in [-0.39, 0.29) is 25.4 Å². The molecule has 0 spiro atoms. The molecule has 1 heterocycles. The lowest BCUT2D eigenvalue weighted by Gasteiger charge is -2.33. The van der Waals surface area contributed by atoms with E-state index in [0.717, 1.165) is 42.7 Å². The summed E-state index contributed by atoms with van der Waals surface area (Å²) in [4.78, 5) is 73.4. The SMILES string of the molecule is CC(C)CC[C@@H](C(=O)O[C@H](C)C(=O)OCc1ccccc1)N(C)C(=O)[C@@H](Cc1ccc(N2CCOCC2)cc1)OC(=O)[C@H](CCC1CC1)N(C)C(=O)OC(C)(C)C. The van der Waals surface area contributed by atoms with Crippen LogP contribution in [0.25, 0.3) is 0 Å². The minimum absolute atomic E-state index is 0.0119. The molecule has 0 unspecified atom stereocenters. The zero-order chi connectivity index (χ0) is 41.7. The minimum Gasteiger partial charge on any atom is -0.458 e. The van der Waals surface area contributed by atoms with Crippen LogP contribution in [0.3, 0.4) is 0 Å². The van der Waals surface area contributed by atoms with Gasteiger partial charge in [0.2, 0.25) is 0 Å². The Balaban J connectivity index is 1.57. The number of benzene rings is 2. The highest BCUT2D eigenvalue weighted by atomic mass is 16.6. The highest BCUT2D eigenvalue weighted by molar-refractivity contribution is 5.90. The van der Waals surface area contributed by atoms with Crippen LogP contribution in [0.15, 0.2) is 54.6 Å². The first-order valence-electron chi connectivity index (χ1n) is 20.3. The van der Waals surface area contributed by atoms with Gasteiger partial charge in [-0.1, -0.05) is 69.2 Å². The average Bonchev–Trinajstić information content (AvgIpc) is 4.01. The summed E-state index contributed by atoms with van der Waals surface area (Å²) in [5.41, 5.74) is 1.73. The summed E-state index contributed by atoms with van der Waals surface area (Å²) in [7, 11) is 2.98. The number of morpholine rings is 1. The van der Waals surface area contributed by atoms with E-state index in [1.807, 2.05) is 68.4 Å². The fourth-order valence-electron chi connectivity index (χ4n) is 6.50. The molecule has 0 radical (unpaired) electrons. The predicted octanol–water partition coefficient (Wildman–Crippen LogP) is 6.34. The van der Waals surface area contributed by atoms with Gasteiger partial charge in [-0.25, -0.2) is 19.2 Å². The number of carbonyl (C=O) groups excluding carboxylic acids is 5. The van der Waals surface area contributed by atoms with Gasteiger partial charge in [-0.3, -0.25) is 9.69 Å². The zero-order valence-electron chi connectivity index (χ0n) is 35.1. The molecule has 2 amide bonds. The minimum atomic E-state index is -1.35. The molecular weight excluding hydrogens is 730 g/mol. The quantitative estimate of drug-likeness (QED) is 0.116. The number of hydrogen-bond donors (Lipinski definition) is 0. The van der Waals surface area contributed by atoms with Crippen molar-refractivity contribution in [3.05, 3.63) is 65.7 Å². The number of rotatable bonds is 19. The van der Waals surface area contributed by atoms with E-state index >= 15 is 0 Å². The maximum absolute atomic E-state index is 14.6. The van der Waals surface area contributed by atoms with Crippen LogP contribution in [0.4, 0.5) is 10.5 Å². The van der Waals surface area contributed by atoms with E-state index in [1.54, 1.807) is 20.8 Å². The maximum Gasteiger partial charge on any atom is 0.410 e. The average molecular weight is 794 g/mol. The number of esters is 3. The first kappa shape index (κ1) is 45.1. The molecule has 1 aliphatic carbocycles. The Morgan fingerprint density at radius 1 is 0.772 bits per heavy atom. The van der Waals surface area contributed by atoms with Gasteiger partial charge < -0.3 is 33.5 Å². The van der Waals surface area contributed by atoms with E-state index in [9.17, 15) is 24.0 Å². The van der Waals surface area contributed by atoms with Crippen LogP contribution in [-0.2, 0) is 55.9 Å². The molecule has 1 saturated carbocycles. The van der Waals surface area contributed by atoms with Gasteiger partial charge in [0.1, 0.15) is 24.3 Å². The monoisotopic (exact) mass is 793 g/mol. The molecule has 2 aromatic carbocycles. The number of ether oxygens (including phenoxy) is 5. The normalized spacial score (nSPS) is 16.5. The van der Waals surface area contributed by atoms with E-state index in [1.165, 1.54) is 30.8 Å². The van der Waals surface area contributed by atoms with Crippen LogP contribution in [0, 0.1) is 11.8 Å². The Kier molecular flexibility index (Phi) is 16.8. The van der Waals surface area contributed by atoms with Crippen LogP contribution in [0.5, 0.6) is 0 Å². The molecule has 13 nitrogen and oxygen atoms in total. The lowest BCUT2D eigenvalue weighted by molar-refractivity contribution is -0.174. The molecule has 314 valence electrons. The Morgan fingerprint density at radius 2 is 1.39 bits per heavy atom. The second-order valence-electron chi connectivity index (χ2n) is 16.6. The van der Waals surface area contributed by atoms with Gasteiger partial charge in [0.15, 0.2) is 12.2 Å². The standard InChI is InChI=1S/C44H63N3O10/c1-30(2)14-22-36(41(50)55-31(3)40(49)54-29-34-12-10-9-11-13-34)45(7)39(48)38(28-33-17-20-35(21-18-33)47-24-26-53-27-25-47)56-42(51)37(23-19-32-15-16-32)46(8)43(52)57-44(4,5)6/h9-13,17-18,20-21,30-32,36-38H,14-16,19,22-29H2,1-8H3/t31-,36+,37+,38-/m1/s1. The lowest BCUT2D eigenvalue weighted by Crippen LogP contribution is -2.52. The van der Waals surface area contributed by atoms with Crippen molar-refractivity contribution in [2.75, 3.05) is 45.3 Å². The molecule has 1 saturated heterocycles. The summed E-state index contributed by atoms with van der Waals surface area (Å²) < 4.78 is 28.2. The van der Waals surface area contributed by atoms with Gasteiger partial charge in [0.25, 0.3) is 5.91 Å². The van der Waals surface area contributed by atoms with E-state index in [4.69, 9.17) is 23.7 Å². The van der Waals surface area contributed by atoms with Crippen molar-refractivity contribution in [2.24, 2.45) is 11.8 Å². The molecule has 13 heteroatoms. The largest absolute Gasteiger partial charge is 0.458 e. The van der Waals surface area contributed by atoms with Crippen molar-refractivity contribution >= 4 is 35.6 Å². The maximum atomic E-state index is 14.6. The highest BCUT2D eigenvalue weighted by Crippen LogP contribution is 2.35. The summed E-state index contributed by atoms with van der Waals surface area (Å²) in [6, 6.07) is 14.8. The fraction of sp³-hybridized carbons (Fsp3) is 0.614. The molecule has 2 aromatic rings. The number of amides is 2. The van der Waals surface area contributed by atoms with Crippen LogP contribution in [-0.4, -0.2) is 110 Å². The van der Waals surface area contributed by atoms with Gasteiger partial charge in [-0.2, -0.15) is 0 Å².